The topological polar surface area (TPSA) is 77.4 Å². The third kappa shape index (κ3) is 5.21. The fraction of sp³-hybridized carbons (Fsp3) is 0.148. The first kappa shape index (κ1) is 23.3. The summed E-state index contributed by atoms with van der Waals surface area (Å²) in [5.41, 5.74) is 4.86. The smallest absolute Gasteiger partial charge is 0.257 e. The molecule has 0 saturated carbocycles. The van der Waals surface area contributed by atoms with Crippen molar-refractivity contribution in [3.63, 3.8) is 0 Å². The number of sulfone groups is 1. The second-order valence-electron chi connectivity index (χ2n) is 8.18. The molecule has 1 aromatic heterocycles. The summed E-state index contributed by atoms with van der Waals surface area (Å²) in [5, 5.41) is 2.85. The number of carbonyl (C=O) groups excluding carboxylic acids is 1. The van der Waals surface area contributed by atoms with Crippen molar-refractivity contribution in [2.75, 3.05) is 11.6 Å². The predicted molar refractivity (Wildman–Crippen MR) is 134 cm³/mol. The van der Waals surface area contributed by atoms with Gasteiger partial charge in [0.25, 0.3) is 5.91 Å². The number of rotatable bonds is 7. The van der Waals surface area contributed by atoms with Crippen molar-refractivity contribution in [2.45, 2.75) is 18.4 Å². The number of amides is 1. The van der Waals surface area contributed by atoms with E-state index in [-0.39, 0.29) is 10.8 Å². The lowest BCUT2D eigenvalue weighted by Gasteiger charge is -2.10. The highest BCUT2D eigenvalue weighted by Gasteiger charge is 2.18. The Bertz CT molecular complexity index is 1420. The molecule has 0 atom stereocenters. The summed E-state index contributed by atoms with van der Waals surface area (Å²) < 4.78 is 31.2. The van der Waals surface area contributed by atoms with Gasteiger partial charge in [-0.3, -0.25) is 4.79 Å². The number of nitrogens with one attached hydrogen (secondary N) is 1. The van der Waals surface area contributed by atoms with E-state index < -0.39 is 9.84 Å². The zero-order chi connectivity index (χ0) is 24.3. The van der Waals surface area contributed by atoms with Gasteiger partial charge >= 0.3 is 0 Å². The molecule has 0 unspecified atom stereocenters. The molecule has 0 aliphatic carbocycles. The molecular formula is C27H26N2O4S. The summed E-state index contributed by atoms with van der Waals surface area (Å²) in [6.07, 6.45) is 2.94. The Labute approximate surface area is 199 Å². The summed E-state index contributed by atoms with van der Waals surface area (Å²) in [6, 6.07) is 23.9. The van der Waals surface area contributed by atoms with E-state index in [9.17, 15) is 13.2 Å². The summed E-state index contributed by atoms with van der Waals surface area (Å²) in [6.45, 7) is 2.39. The Morgan fingerprint density at radius 3 is 2.35 bits per heavy atom. The Morgan fingerprint density at radius 1 is 0.971 bits per heavy atom. The highest BCUT2D eigenvalue weighted by Crippen LogP contribution is 2.30. The minimum atomic E-state index is -3.29. The monoisotopic (exact) mass is 474 g/mol. The molecule has 7 heteroatoms. The summed E-state index contributed by atoms with van der Waals surface area (Å²) in [4.78, 5) is 13.2. The van der Waals surface area contributed by atoms with Crippen molar-refractivity contribution < 1.29 is 17.9 Å². The molecular weight excluding hydrogens is 448 g/mol. The maximum atomic E-state index is 13.0. The van der Waals surface area contributed by atoms with Crippen molar-refractivity contribution in [3.8, 4) is 17.0 Å². The lowest BCUT2D eigenvalue weighted by Crippen LogP contribution is -2.12. The molecule has 0 aliphatic heterocycles. The maximum absolute atomic E-state index is 13.0. The number of hydrogen-bond donors (Lipinski definition) is 1. The third-order valence-electron chi connectivity index (χ3n) is 5.58. The van der Waals surface area contributed by atoms with Crippen molar-refractivity contribution in [3.05, 3.63) is 102 Å². The quantitative estimate of drug-likeness (QED) is 0.398. The van der Waals surface area contributed by atoms with Crippen LogP contribution in [0.2, 0.25) is 0 Å². The van der Waals surface area contributed by atoms with Crippen molar-refractivity contribution in [1.82, 2.24) is 4.57 Å². The van der Waals surface area contributed by atoms with E-state index >= 15 is 0 Å². The van der Waals surface area contributed by atoms with Gasteiger partial charge in [0.05, 0.1) is 16.2 Å². The average molecular weight is 475 g/mol. The van der Waals surface area contributed by atoms with Crippen LogP contribution in [-0.4, -0.2) is 25.1 Å². The van der Waals surface area contributed by atoms with E-state index in [1.165, 1.54) is 12.1 Å². The molecule has 6 nitrogen and oxygen atoms in total. The second kappa shape index (κ2) is 9.57. The van der Waals surface area contributed by atoms with Gasteiger partial charge in [0.1, 0.15) is 12.4 Å². The van der Waals surface area contributed by atoms with Gasteiger partial charge in [-0.2, -0.15) is 0 Å². The van der Waals surface area contributed by atoms with Crippen LogP contribution in [0.25, 0.3) is 11.3 Å². The molecule has 1 N–H and O–H groups in total. The first-order valence-electron chi connectivity index (χ1n) is 10.8. The van der Waals surface area contributed by atoms with Gasteiger partial charge in [-0.25, -0.2) is 8.42 Å². The van der Waals surface area contributed by atoms with Gasteiger partial charge in [0, 0.05) is 30.8 Å². The third-order valence-corrected chi connectivity index (χ3v) is 6.70. The van der Waals surface area contributed by atoms with Crippen LogP contribution < -0.4 is 10.1 Å². The fourth-order valence-corrected chi connectivity index (χ4v) is 4.48. The molecule has 3 aromatic carbocycles. The molecule has 0 radical (unpaired) electrons. The Morgan fingerprint density at radius 2 is 1.68 bits per heavy atom. The van der Waals surface area contributed by atoms with Gasteiger partial charge in [-0.15, -0.1) is 0 Å². The van der Waals surface area contributed by atoms with Gasteiger partial charge < -0.3 is 14.6 Å². The Balaban J connectivity index is 1.53. The molecule has 174 valence electrons. The number of hydrogen-bond acceptors (Lipinski definition) is 4. The maximum Gasteiger partial charge on any atom is 0.257 e. The molecule has 0 saturated heterocycles. The Kier molecular flexibility index (Phi) is 6.56. The van der Waals surface area contributed by atoms with Gasteiger partial charge in [0.2, 0.25) is 0 Å². The molecule has 0 spiro atoms. The van der Waals surface area contributed by atoms with Crippen LogP contribution in [0.4, 0.5) is 5.69 Å². The predicted octanol–water partition coefficient (Wildman–Crippen LogP) is 5.24. The molecule has 0 aliphatic rings. The molecule has 4 aromatic rings. The van der Waals surface area contributed by atoms with Gasteiger partial charge in [0.15, 0.2) is 9.84 Å². The number of carbonyl (C=O) groups is 1. The lowest BCUT2D eigenvalue weighted by atomic mass is 10.1. The number of aromatic nitrogens is 1. The van der Waals surface area contributed by atoms with Crippen LogP contribution in [0.5, 0.6) is 5.75 Å². The number of aryl methyl sites for hydroxylation is 1. The molecule has 34 heavy (non-hydrogen) atoms. The van der Waals surface area contributed by atoms with Crippen LogP contribution in [0, 0.1) is 6.92 Å². The van der Waals surface area contributed by atoms with Gasteiger partial charge in [-0.1, -0.05) is 42.5 Å². The summed E-state index contributed by atoms with van der Waals surface area (Å²) in [5.74, 6) is 0.488. The first-order chi connectivity index (χ1) is 16.2. The molecule has 0 bridgehead atoms. The minimum Gasteiger partial charge on any atom is -0.489 e. The number of benzene rings is 3. The second-order valence-corrected chi connectivity index (χ2v) is 10.2. The Hall–Kier alpha value is -3.84. The molecule has 0 fully saturated rings. The average Bonchev–Trinajstić information content (AvgIpc) is 3.12. The first-order valence-corrected chi connectivity index (χ1v) is 12.7. The van der Waals surface area contributed by atoms with Crippen molar-refractivity contribution >= 4 is 21.4 Å². The van der Waals surface area contributed by atoms with Crippen LogP contribution in [-0.2, 0) is 23.5 Å². The van der Waals surface area contributed by atoms with Gasteiger partial charge in [-0.05, 0) is 54.4 Å². The number of ether oxygens (including phenoxy) is 1. The van der Waals surface area contributed by atoms with E-state index in [2.05, 4.69) is 5.32 Å². The van der Waals surface area contributed by atoms with Crippen LogP contribution in [0.15, 0.2) is 90.0 Å². The lowest BCUT2D eigenvalue weighted by molar-refractivity contribution is 0.102. The molecule has 1 heterocycles. The highest BCUT2D eigenvalue weighted by molar-refractivity contribution is 7.90. The zero-order valence-corrected chi connectivity index (χ0v) is 20.1. The minimum absolute atomic E-state index is 0.207. The normalized spacial score (nSPS) is 11.3. The standard InChI is InChI=1S/C27H26N2O4S/c1-19-25(27(30)28-22-12-14-24(15-13-22)34(3,31)32)17-29(2)26(19)21-10-7-11-23(16-21)33-18-20-8-5-4-6-9-20/h4-17H,18H2,1-3H3,(H,28,30). The van der Waals surface area contributed by atoms with E-state index in [4.69, 9.17) is 4.74 Å². The van der Waals surface area contributed by atoms with E-state index in [0.29, 0.717) is 17.9 Å². The van der Waals surface area contributed by atoms with E-state index in [1.54, 1.807) is 18.3 Å². The largest absolute Gasteiger partial charge is 0.489 e. The van der Waals surface area contributed by atoms with Crippen LogP contribution in [0.3, 0.4) is 0 Å². The SMILES string of the molecule is Cc1c(C(=O)Nc2ccc(S(C)(=O)=O)cc2)cn(C)c1-c1cccc(OCc2ccccc2)c1. The van der Waals surface area contributed by atoms with Crippen molar-refractivity contribution in [2.24, 2.45) is 7.05 Å². The number of nitrogens with zero attached hydrogens (tertiary/aromatic N) is 1. The van der Waals surface area contributed by atoms with E-state index in [1.807, 2.05) is 73.1 Å². The van der Waals surface area contributed by atoms with E-state index in [0.717, 1.165) is 34.4 Å². The molecule has 4 rings (SSSR count). The summed E-state index contributed by atoms with van der Waals surface area (Å²) in [7, 11) is -1.39. The zero-order valence-electron chi connectivity index (χ0n) is 19.3. The number of anilines is 1. The van der Waals surface area contributed by atoms with Crippen LogP contribution in [0.1, 0.15) is 21.5 Å². The van der Waals surface area contributed by atoms with Crippen molar-refractivity contribution in [1.29, 1.82) is 0 Å². The van der Waals surface area contributed by atoms with Crippen LogP contribution >= 0.6 is 0 Å². The molecule has 1 amide bonds. The summed E-state index contributed by atoms with van der Waals surface area (Å²) >= 11 is 0. The highest BCUT2D eigenvalue weighted by atomic mass is 32.2. The fourth-order valence-electron chi connectivity index (χ4n) is 3.85.